The van der Waals surface area contributed by atoms with Crippen LogP contribution in [0.25, 0.3) is 11.0 Å². The Morgan fingerprint density at radius 1 is 1.09 bits per heavy atom. The molecule has 0 saturated heterocycles. The number of carbonyl (C=O) groups is 2. The zero-order valence-electron chi connectivity index (χ0n) is 19.4. The van der Waals surface area contributed by atoms with E-state index in [0.717, 1.165) is 17.4 Å². The number of para-hydroxylation sites is 3. The number of nitrogens with zero attached hydrogens (tertiary/aromatic N) is 1. The molecule has 0 unspecified atom stereocenters. The predicted octanol–water partition coefficient (Wildman–Crippen LogP) is 4.85. The molecule has 0 saturated carbocycles. The fourth-order valence-corrected chi connectivity index (χ4v) is 3.67. The summed E-state index contributed by atoms with van der Waals surface area (Å²) in [6.45, 7) is 1.26. The summed E-state index contributed by atoms with van der Waals surface area (Å²) in [5.41, 5.74) is 9.08. The molecule has 0 spiro atoms. The van der Waals surface area contributed by atoms with E-state index in [-0.39, 0.29) is 5.91 Å². The zero-order chi connectivity index (χ0) is 24.6. The van der Waals surface area contributed by atoms with Crippen molar-refractivity contribution in [2.45, 2.75) is 13.0 Å². The predicted molar refractivity (Wildman–Crippen MR) is 136 cm³/mol. The van der Waals surface area contributed by atoms with Crippen LogP contribution in [0.15, 0.2) is 77.2 Å². The summed E-state index contributed by atoms with van der Waals surface area (Å²) in [4.78, 5) is 25.6. The number of ether oxygens (including phenoxy) is 2. The highest BCUT2D eigenvalue weighted by Gasteiger charge is 2.14. The number of rotatable bonds is 11. The van der Waals surface area contributed by atoms with Crippen molar-refractivity contribution in [1.29, 1.82) is 0 Å². The first-order valence-electron chi connectivity index (χ1n) is 11.2. The highest BCUT2D eigenvalue weighted by atomic mass is 16.5. The summed E-state index contributed by atoms with van der Waals surface area (Å²) in [5.74, 6) is 0.856. The smallest absolute Gasteiger partial charge is 0.255 e. The van der Waals surface area contributed by atoms with Crippen molar-refractivity contribution in [2.24, 2.45) is 0 Å². The van der Waals surface area contributed by atoms with E-state index in [2.05, 4.69) is 5.32 Å². The first kappa shape index (κ1) is 23.8. The number of fused-ring (bicyclic) bond motifs is 1. The van der Waals surface area contributed by atoms with Gasteiger partial charge in [-0.1, -0.05) is 30.3 Å². The lowest BCUT2D eigenvalue weighted by molar-refractivity contribution is -0.107. The summed E-state index contributed by atoms with van der Waals surface area (Å²) < 4.78 is 16.9. The Bertz CT molecular complexity index is 1300. The van der Waals surface area contributed by atoms with Crippen molar-refractivity contribution in [3.63, 3.8) is 0 Å². The molecule has 0 bridgehead atoms. The number of amides is 2. The van der Waals surface area contributed by atoms with Crippen LogP contribution < -0.4 is 20.7 Å². The Morgan fingerprint density at radius 2 is 1.89 bits per heavy atom. The van der Waals surface area contributed by atoms with Crippen LogP contribution in [0.3, 0.4) is 0 Å². The molecule has 0 radical (unpaired) electrons. The molecule has 180 valence electrons. The third kappa shape index (κ3) is 5.80. The Balaban J connectivity index is 1.29. The Kier molecular flexibility index (Phi) is 7.64. The second-order valence-electron chi connectivity index (χ2n) is 7.92. The van der Waals surface area contributed by atoms with Gasteiger partial charge in [-0.15, -0.1) is 0 Å². The maximum absolute atomic E-state index is 12.4. The molecule has 0 aliphatic carbocycles. The fourth-order valence-electron chi connectivity index (χ4n) is 3.67. The molecule has 2 amide bonds. The molecule has 8 nitrogen and oxygen atoms in total. The number of benzene rings is 3. The van der Waals surface area contributed by atoms with Crippen LogP contribution in [0.5, 0.6) is 5.75 Å². The van der Waals surface area contributed by atoms with Crippen molar-refractivity contribution in [2.75, 3.05) is 36.2 Å². The first-order valence-corrected chi connectivity index (χ1v) is 11.2. The summed E-state index contributed by atoms with van der Waals surface area (Å²) in [5, 5.41) is 3.71. The molecule has 8 heteroatoms. The minimum Gasteiger partial charge on any atom is -0.494 e. The maximum atomic E-state index is 12.4. The standard InChI is InChI=1S/C27H27N3O5/c1-33-17-21-7-4-6-20-16-25(35-26(20)21)30(18-31)14-5-15-34-22-12-10-19(11-13-22)27(32)29-24-9-3-2-8-23(24)28/h2-4,6-13,16,18H,5,14-15,17,28H2,1H3,(H,29,32). The second kappa shape index (κ2) is 11.2. The summed E-state index contributed by atoms with van der Waals surface area (Å²) in [7, 11) is 1.63. The van der Waals surface area contributed by atoms with Gasteiger partial charge in [-0.2, -0.15) is 0 Å². The molecular formula is C27H27N3O5. The number of hydrogen-bond donors (Lipinski definition) is 2. The van der Waals surface area contributed by atoms with Crippen LogP contribution in [-0.2, 0) is 16.1 Å². The molecule has 0 atom stereocenters. The number of nitrogen functional groups attached to an aromatic ring is 1. The molecule has 1 aromatic heterocycles. The number of nitrogens with one attached hydrogen (secondary N) is 1. The molecule has 4 aromatic rings. The average Bonchev–Trinajstić information content (AvgIpc) is 3.31. The third-order valence-electron chi connectivity index (χ3n) is 5.46. The molecule has 0 aliphatic heterocycles. The highest BCUT2D eigenvalue weighted by molar-refractivity contribution is 6.05. The molecule has 35 heavy (non-hydrogen) atoms. The van der Waals surface area contributed by atoms with Gasteiger partial charge >= 0.3 is 0 Å². The lowest BCUT2D eigenvalue weighted by Gasteiger charge is -2.14. The number of carbonyl (C=O) groups excluding carboxylic acids is 2. The molecule has 3 N–H and O–H groups in total. The van der Waals surface area contributed by atoms with Gasteiger partial charge in [0.2, 0.25) is 12.3 Å². The van der Waals surface area contributed by atoms with Gasteiger partial charge < -0.3 is 24.9 Å². The van der Waals surface area contributed by atoms with Gasteiger partial charge in [0.15, 0.2) is 0 Å². The van der Waals surface area contributed by atoms with Gasteiger partial charge in [-0.05, 0) is 42.8 Å². The topological polar surface area (TPSA) is 107 Å². The largest absolute Gasteiger partial charge is 0.494 e. The third-order valence-corrected chi connectivity index (χ3v) is 5.46. The van der Waals surface area contributed by atoms with Crippen molar-refractivity contribution in [3.05, 3.63) is 83.9 Å². The summed E-state index contributed by atoms with van der Waals surface area (Å²) in [6, 6.07) is 21.6. The molecule has 1 heterocycles. The quantitative estimate of drug-likeness (QED) is 0.183. The van der Waals surface area contributed by atoms with Gasteiger partial charge in [0, 0.05) is 36.2 Å². The van der Waals surface area contributed by atoms with Gasteiger partial charge in [-0.25, -0.2) is 0 Å². The van der Waals surface area contributed by atoms with E-state index in [9.17, 15) is 9.59 Å². The number of nitrogens with two attached hydrogens (primary N) is 1. The SMILES string of the molecule is COCc1cccc2cc(N(C=O)CCCOc3ccc(C(=O)Nc4ccccc4N)cc3)oc12. The van der Waals surface area contributed by atoms with Crippen molar-refractivity contribution in [1.82, 2.24) is 0 Å². The van der Waals surface area contributed by atoms with E-state index in [1.54, 1.807) is 49.6 Å². The minimum atomic E-state index is -0.254. The van der Waals surface area contributed by atoms with Crippen LogP contribution in [-0.4, -0.2) is 32.6 Å². The molecular weight excluding hydrogens is 446 g/mol. The van der Waals surface area contributed by atoms with Crippen molar-refractivity contribution in [3.8, 4) is 5.75 Å². The van der Waals surface area contributed by atoms with Crippen LogP contribution in [0, 0.1) is 0 Å². The Morgan fingerprint density at radius 3 is 2.63 bits per heavy atom. The lowest BCUT2D eigenvalue weighted by Crippen LogP contribution is -2.23. The summed E-state index contributed by atoms with van der Waals surface area (Å²) >= 11 is 0. The number of anilines is 3. The molecule has 3 aromatic carbocycles. The van der Waals surface area contributed by atoms with Crippen LogP contribution in [0.4, 0.5) is 17.3 Å². The number of methoxy groups -OCH3 is 1. The van der Waals surface area contributed by atoms with E-state index >= 15 is 0 Å². The van der Waals surface area contributed by atoms with E-state index in [1.165, 1.54) is 4.90 Å². The van der Waals surface area contributed by atoms with Gasteiger partial charge in [0.05, 0.1) is 24.6 Å². The Hall–Kier alpha value is -4.30. The lowest BCUT2D eigenvalue weighted by atomic mass is 10.2. The van der Waals surface area contributed by atoms with Gasteiger partial charge in [0.25, 0.3) is 5.91 Å². The van der Waals surface area contributed by atoms with Gasteiger partial charge in [-0.3, -0.25) is 14.5 Å². The van der Waals surface area contributed by atoms with Crippen LogP contribution >= 0.6 is 0 Å². The number of hydrogen-bond acceptors (Lipinski definition) is 6. The van der Waals surface area contributed by atoms with Crippen LogP contribution in [0.1, 0.15) is 22.3 Å². The first-order chi connectivity index (χ1) is 17.1. The van der Waals surface area contributed by atoms with E-state index < -0.39 is 0 Å². The van der Waals surface area contributed by atoms with E-state index in [1.807, 2.05) is 30.3 Å². The fraction of sp³-hybridized carbons (Fsp3) is 0.185. The van der Waals surface area contributed by atoms with Gasteiger partial charge in [0.1, 0.15) is 11.3 Å². The van der Waals surface area contributed by atoms with Crippen molar-refractivity contribution >= 4 is 40.5 Å². The number of furan rings is 1. The molecule has 0 aliphatic rings. The van der Waals surface area contributed by atoms with E-state index in [0.29, 0.717) is 60.3 Å². The molecule has 0 fully saturated rings. The normalized spacial score (nSPS) is 10.8. The highest BCUT2D eigenvalue weighted by Crippen LogP contribution is 2.29. The van der Waals surface area contributed by atoms with Crippen LogP contribution in [0.2, 0.25) is 0 Å². The zero-order valence-corrected chi connectivity index (χ0v) is 19.4. The molecule has 4 rings (SSSR count). The second-order valence-corrected chi connectivity index (χ2v) is 7.92. The Labute approximate surface area is 203 Å². The maximum Gasteiger partial charge on any atom is 0.255 e. The average molecular weight is 474 g/mol. The van der Waals surface area contributed by atoms with E-state index in [4.69, 9.17) is 19.6 Å². The monoisotopic (exact) mass is 473 g/mol. The van der Waals surface area contributed by atoms with Crippen molar-refractivity contribution < 1.29 is 23.5 Å². The minimum absolute atomic E-state index is 0.254. The summed E-state index contributed by atoms with van der Waals surface area (Å²) in [6.07, 6.45) is 1.34.